The average Bonchev–Trinajstić information content (AvgIpc) is 2.71. The molecule has 0 bridgehead atoms. The summed E-state index contributed by atoms with van der Waals surface area (Å²) in [6.07, 6.45) is 0. The van der Waals surface area contributed by atoms with Crippen molar-refractivity contribution in [3.8, 4) is 5.69 Å². The molecule has 19 heavy (non-hydrogen) atoms. The number of hydrogen-bond acceptors (Lipinski definition) is 1. The van der Waals surface area contributed by atoms with E-state index in [0.29, 0.717) is 10.3 Å². The van der Waals surface area contributed by atoms with Gasteiger partial charge in [-0.15, -0.1) is 0 Å². The van der Waals surface area contributed by atoms with E-state index in [1.807, 2.05) is 35.8 Å². The number of para-hydroxylation sites is 1. The number of H-pyrrole nitrogens is 1. The van der Waals surface area contributed by atoms with Gasteiger partial charge in [0.25, 0.3) is 0 Å². The Balaban J connectivity index is 2.36. The minimum Gasteiger partial charge on any atom is -0.328 e. The summed E-state index contributed by atoms with van der Waals surface area (Å²) in [5, 5.41) is 0. The van der Waals surface area contributed by atoms with E-state index < -0.39 is 0 Å². The van der Waals surface area contributed by atoms with E-state index in [1.165, 1.54) is 6.07 Å². The third kappa shape index (κ3) is 2.03. The average molecular weight is 337 g/mol. The summed E-state index contributed by atoms with van der Waals surface area (Å²) in [4.78, 5) is 2.92. The van der Waals surface area contributed by atoms with Gasteiger partial charge in [-0.1, -0.05) is 22.0 Å². The Morgan fingerprint density at radius 2 is 2.05 bits per heavy atom. The van der Waals surface area contributed by atoms with E-state index in [-0.39, 0.29) is 5.82 Å². The monoisotopic (exact) mass is 336 g/mol. The third-order valence-corrected chi connectivity index (χ3v) is 4.24. The molecule has 0 saturated heterocycles. The fraction of sp³-hybridized carbons (Fsp3) is 0.0714. The van der Waals surface area contributed by atoms with Crippen LogP contribution in [0.25, 0.3) is 16.7 Å². The highest BCUT2D eigenvalue weighted by molar-refractivity contribution is 9.10. The first kappa shape index (κ1) is 12.6. The smallest absolute Gasteiger partial charge is 0.182 e. The number of nitrogens with zero attached hydrogens (tertiary/aromatic N) is 1. The van der Waals surface area contributed by atoms with Gasteiger partial charge in [0.05, 0.1) is 5.52 Å². The normalized spacial score (nSPS) is 11.1. The van der Waals surface area contributed by atoms with Crippen LogP contribution < -0.4 is 0 Å². The van der Waals surface area contributed by atoms with Crippen LogP contribution in [0.1, 0.15) is 5.56 Å². The van der Waals surface area contributed by atoms with Crippen LogP contribution in [0.5, 0.6) is 0 Å². The molecule has 3 rings (SSSR count). The number of rotatable bonds is 1. The maximum absolute atomic E-state index is 13.7. The second-order valence-corrected chi connectivity index (χ2v) is 5.57. The van der Waals surface area contributed by atoms with Crippen molar-refractivity contribution in [2.45, 2.75) is 6.92 Å². The van der Waals surface area contributed by atoms with E-state index in [2.05, 4.69) is 20.9 Å². The van der Waals surface area contributed by atoms with Crippen LogP contribution in [0.15, 0.2) is 40.9 Å². The van der Waals surface area contributed by atoms with E-state index in [1.54, 1.807) is 6.07 Å². The molecule has 0 aliphatic carbocycles. The summed E-state index contributed by atoms with van der Waals surface area (Å²) in [6.45, 7) is 2.01. The predicted molar refractivity (Wildman–Crippen MR) is 80.9 cm³/mol. The van der Waals surface area contributed by atoms with E-state index in [9.17, 15) is 4.39 Å². The number of imidazole rings is 1. The largest absolute Gasteiger partial charge is 0.328 e. The molecule has 0 atom stereocenters. The van der Waals surface area contributed by atoms with Crippen LogP contribution in [0, 0.1) is 17.5 Å². The first-order valence-electron chi connectivity index (χ1n) is 5.73. The van der Waals surface area contributed by atoms with Crippen LogP contribution >= 0.6 is 28.1 Å². The maximum Gasteiger partial charge on any atom is 0.182 e. The van der Waals surface area contributed by atoms with Gasteiger partial charge in [0.15, 0.2) is 4.77 Å². The number of fused-ring (bicyclic) bond motifs is 1. The molecule has 2 nitrogen and oxygen atoms in total. The van der Waals surface area contributed by atoms with Crippen LogP contribution in [-0.2, 0) is 0 Å². The van der Waals surface area contributed by atoms with Gasteiger partial charge in [-0.3, -0.25) is 4.57 Å². The summed E-state index contributed by atoms with van der Waals surface area (Å²) in [5.41, 5.74) is 3.20. The zero-order valence-electron chi connectivity index (χ0n) is 10.1. The van der Waals surface area contributed by atoms with Gasteiger partial charge in [0.1, 0.15) is 11.3 Å². The van der Waals surface area contributed by atoms with Gasteiger partial charge in [-0.25, -0.2) is 4.39 Å². The minimum atomic E-state index is -0.295. The van der Waals surface area contributed by atoms with Gasteiger partial charge in [-0.05, 0) is 55.0 Å². The van der Waals surface area contributed by atoms with Crippen molar-refractivity contribution in [1.29, 1.82) is 0 Å². The lowest BCUT2D eigenvalue weighted by Crippen LogP contribution is -1.94. The Bertz CT molecular complexity index is 835. The molecule has 0 spiro atoms. The van der Waals surface area contributed by atoms with Crippen LogP contribution in [-0.4, -0.2) is 9.55 Å². The van der Waals surface area contributed by atoms with Crippen molar-refractivity contribution >= 4 is 39.2 Å². The molecule has 5 heteroatoms. The predicted octanol–water partition coefficient (Wildman–Crippen LogP) is 4.90. The summed E-state index contributed by atoms with van der Waals surface area (Å²) < 4.78 is 17.1. The maximum atomic E-state index is 13.7. The molecule has 1 heterocycles. The van der Waals surface area contributed by atoms with Crippen LogP contribution in [0.2, 0.25) is 0 Å². The summed E-state index contributed by atoms with van der Waals surface area (Å²) in [6, 6.07) is 10.9. The Morgan fingerprint density at radius 1 is 1.26 bits per heavy atom. The molecule has 0 unspecified atom stereocenters. The van der Waals surface area contributed by atoms with Crippen molar-refractivity contribution in [2.75, 3.05) is 0 Å². The van der Waals surface area contributed by atoms with Gasteiger partial charge < -0.3 is 4.98 Å². The topological polar surface area (TPSA) is 20.7 Å². The Labute approximate surface area is 123 Å². The lowest BCUT2D eigenvalue weighted by molar-refractivity contribution is 0.637. The lowest BCUT2D eigenvalue weighted by atomic mass is 10.2. The molecular formula is C14H10BrFN2S. The van der Waals surface area contributed by atoms with Gasteiger partial charge in [0, 0.05) is 10.2 Å². The molecule has 2 aromatic carbocycles. The third-order valence-electron chi connectivity index (χ3n) is 3.07. The zero-order chi connectivity index (χ0) is 13.6. The number of benzene rings is 2. The van der Waals surface area contributed by atoms with Gasteiger partial charge in [0.2, 0.25) is 0 Å². The minimum absolute atomic E-state index is 0.295. The number of hydrogen-bond donors (Lipinski definition) is 1. The van der Waals surface area contributed by atoms with Crippen molar-refractivity contribution in [3.63, 3.8) is 0 Å². The van der Waals surface area contributed by atoms with Gasteiger partial charge >= 0.3 is 0 Å². The highest BCUT2D eigenvalue weighted by atomic mass is 79.9. The molecule has 1 N–H and O–H groups in total. The van der Waals surface area contributed by atoms with Crippen molar-refractivity contribution in [1.82, 2.24) is 9.55 Å². The molecule has 1 aromatic heterocycles. The van der Waals surface area contributed by atoms with E-state index >= 15 is 0 Å². The fourth-order valence-corrected chi connectivity index (χ4v) is 2.67. The van der Waals surface area contributed by atoms with Gasteiger partial charge in [-0.2, -0.15) is 0 Å². The molecule has 0 aliphatic heterocycles. The van der Waals surface area contributed by atoms with E-state index in [4.69, 9.17) is 12.2 Å². The highest BCUT2D eigenvalue weighted by Gasteiger charge is 2.10. The molecule has 0 aliphatic rings. The molecule has 3 aromatic rings. The first-order valence-corrected chi connectivity index (χ1v) is 6.94. The summed E-state index contributed by atoms with van der Waals surface area (Å²) in [5.74, 6) is -0.295. The molecular weight excluding hydrogens is 327 g/mol. The SMILES string of the molecule is Cc1cc(-n2c(=S)[nH]c3c(F)cccc32)ccc1Br. The zero-order valence-corrected chi connectivity index (χ0v) is 12.5. The number of aromatic amines is 1. The quantitative estimate of drug-likeness (QED) is 0.627. The second kappa shape index (κ2) is 4.58. The molecule has 0 amide bonds. The Hall–Kier alpha value is -1.46. The summed E-state index contributed by atoms with van der Waals surface area (Å²) in [7, 11) is 0. The molecule has 0 radical (unpaired) electrons. The Kier molecular flexibility index (Phi) is 3.03. The van der Waals surface area contributed by atoms with Crippen LogP contribution in [0.3, 0.4) is 0 Å². The van der Waals surface area contributed by atoms with Crippen LogP contribution in [0.4, 0.5) is 4.39 Å². The standard InChI is InChI=1S/C14H10BrFN2S/c1-8-7-9(5-6-10(8)15)18-12-4-2-3-11(16)13(12)17-14(18)19/h2-7H,1H3,(H,17,19). The second-order valence-electron chi connectivity index (χ2n) is 4.33. The number of nitrogens with one attached hydrogen (secondary N) is 1. The Morgan fingerprint density at radius 3 is 2.79 bits per heavy atom. The molecule has 96 valence electrons. The first-order chi connectivity index (χ1) is 9.08. The van der Waals surface area contributed by atoms with Crippen molar-refractivity contribution in [2.24, 2.45) is 0 Å². The lowest BCUT2D eigenvalue weighted by Gasteiger charge is -2.07. The van der Waals surface area contributed by atoms with Crippen molar-refractivity contribution in [3.05, 3.63) is 57.0 Å². The summed E-state index contributed by atoms with van der Waals surface area (Å²) >= 11 is 8.77. The fourth-order valence-electron chi connectivity index (χ4n) is 2.12. The highest BCUT2D eigenvalue weighted by Crippen LogP contribution is 2.24. The molecule has 0 saturated carbocycles. The molecule has 0 fully saturated rings. The number of aryl methyl sites for hydroxylation is 1. The number of halogens is 2. The number of aromatic nitrogens is 2. The van der Waals surface area contributed by atoms with E-state index in [0.717, 1.165) is 21.2 Å². The van der Waals surface area contributed by atoms with Crippen molar-refractivity contribution < 1.29 is 4.39 Å².